The number of nitriles is 1. The summed E-state index contributed by atoms with van der Waals surface area (Å²) in [6.07, 6.45) is 3.36. The number of nitrogens with zero attached hydrogens (tertiary/aromatic N) is 2. The average molecular weight is 453 g/mol. The number of benzene rings is 2. The van der Waals surface area contributed by atoms with Gasteiger partial charge in [-0.3, -0.25) is 14.1 Å². The van der Waals surface area contributed by atoms with Crippen molar-refractivity contribution in [3.05, 3.63) is 48.0 Å². The Morgan fingerprint density at radius 2 is 1.81 bits per heavy atom. The molecule has 1 fully saturated rings. The number of rotatable bonds is 9. The summed E-state index contributed by atoms with van der Waals surface area (Å²) < 4.78 is 31.2. The minimum atomic E-state index is -3.42. The molecule has 7 nitrogen and oxygen atoms in total. The van der Waals surface area contributed by atoms with Crippen LogP contribution >= 0.6 is 7.75 Å². The molecule has 1 aromatic heterocycles. The van der Waals surface area contributed by atoms with E-state index in [1.165, 1.54) is 6.42 Å². The highest BCUT2D eigenvalue weighted by atomic mass is 31.2. The first-order chi connectivity index (χ1) is 15.5. The number of aromatic nitrogens is 1. The zero-order chi connectivity index (χ0) is 22.7. The maximum Gasteiger partial charge on any atom is 0.432 e. The van der Waals surface area contributed by atoms with E-state index in [1.54, 1.807) is 21.0 Å². The van der Waals surface area contributed by atoms with Gasteiger partial charge in [-0.2, -0.15) is 5.26 Å². The van der Waals surface area contributed by atoms with E-state index in [-0.39, 0.29) is 13.2 Å². The summed E-state index contributed by atoms with van der Waals surface area (Å²) in [5.41, 5.74) is 4.14. The van der Waals surface area contributed by atoms with E-state index in [9.17, 15) is 9.83 Å². The topological polar surface area (TPSA) is 85.5 Å². The average Bonchev–Trinajstić information content (AvgIpc) is 3.06. The van der Waals surface area contributed by atoms with Crippen molar-refractivity contribution in [2.24, 2.45) is 0 Å². The Hall–Kier alpha value is -2.78. The number of hydrogen-bond acceptors (Lipinski definition) is 5. The lowest BCUT2D eigenvalue weighted by Crippen LogP contribution is -2.17. The molecule has 8 heteroatoms. The highest BCUT2D eigenvalue weighted by Crippen LogP contribution is 2.48. The van der Waals surface area contributed by atoms with Gasteiger partial charge in [0.2, 0.25) is 0 Å². The van der Waals surface area contributed by atoms with E-state index >= 15 is 0 Å². The Kier molecular flexibility index (Phi) is 6.57. The Bertz CT molecular complexity index is 1180. The molecule has 0 bridgehead atoms. The van der Waals surface area contributed by atoms with Crippen LogP contribution in [0, 0.1) is 11.3 Å². The summed E-state index contributed by atoms with van der Waals surface area (Å²) in [6.45, 7) is 4.10. The van der Waals surface area contributed by atoms with E-state index in [0.717, 1.165) is 40.8 Å². The fourth-order valence-corrected chi connectivity index (χ4v) is 5.49. The van der Waals surface area contributed by atoms with Gasteiger partial charge in [-0.25, -0.2) is 4.57 Å². The monoisotopic (exact) mass is 453 g/mol. The zero-order valence-corrected chi connectivity index (χ0v) is 19.5. The molecule has 2 aromatic carbocycles. The Morgan fingerprint density at radius 1 is 1.12 bits per heavy atom. The lowest BCUT2D eigenvalue weighted by molar-refractivity contribution is 0.225. The SMILES string of the molecule is CCOP(=O)(Nc1ccc(-c2c(C#N)c3ccc(OC)cc3n2C2CCC2)cc1)OCC. The first-order valence-corrected chi connectivity index (χ1v) is 12.5. The number of ether oxygens (including phenoxy) is 1. The molecule has 32 heavy (non-hydrogen) atoms. The summed E-state index contributed by atoms with van der Waals surface area (Å²) in [5, 5.41) is 13.9. The molecule has 1 aliphatic rings. The molecule has 0 saturated heterocycles. The van der Waals surface area contributed by atoms with E-state index in [4.69, 9.17) is 13.8 Å². The molecule has 1 heterocycles. The second-order valence-electron chi connectivity index (χ2n) is 7.70. The largest absolute Gasteiger partial charge is 0.497 e. The molecule has 1 saturated carbocycles. The summed E-state index contributed by atoms with van der Waals surface area (Å²) in [6, 6.07) is 16.2. The minimum absolute atomic E-state index is 0.277. The molecule has 1 aliphatic carbocycles. The molecule has 3 aromatic rings. The molecule has 0 aliphatic heterocycles. The van der Waals surface area contributed by atoms with Gasteiger partial charge in [-0.05, 0) is 62.9 Å². The van der Waals surface area contributed by atoms with Crippen LogP contribution in [0.1, 0.15) is 44.7 Å². The highest BCUT2D eigenvalue weighted by Gasteiger charge is 2.28. The van der Waals surface area contributed by atoms with Gasteiger partial charge in [0.15, 0.2) is 0 Å². The molecule has 0 unspecified atom stereocenters. The molecular formula is C24H28N3O4P. The smallest absolute Gasteiger partial charge is 0.432 e. The van der Waals surface area contributed by atoms with Gasteiger partial charge in [-0.15, -0.1) is 0 Å². The van der Waals surface area contributed by atoms with Crippen molar-refractivity contribution in [2.75, 3.05) is 25.4 Å². The predicted octanol–water partition coefficient (Wildman–Crippen LogP) is 6.51. The van der Waals surface area contributed by atoms with Gasteiger partial charge in [0.25, 0.3) is 0 Å². The van der Waals surface area contributed by atoms with E-state index in [1.807, 2.05) is 42.5 Å². The van der Waals surface area contributed by atoms with Crippen LogP contribution in [0.25, 0.3) is 22.2 Å². The van der Waals surface area contributed by atoms with Crippen LogP contribution in [0.3, 0.4) is 0 Å². The van der Waals surface area contributed by atoms with Crippen molar-refractivity contribution in [2.45, 2.75) is 39.2 Å². The highest BCUT2D eigenvalue weighted by molar-refractivity contribution is 7.55. The summed E-state index contributed by atoms with van der Waals surface area (Å²) >= 11 is 0. The summed E-state index contributed by atoms with van der Waals surface area (Å²) in [5.74, 6) is 0.772. The van der Waals surface area contributed by atoms with Crippen LogP contribution in [-0.2, 0) is 13.6 Å². The Labute approximate surface area is 188 Å². The van der Waals surface area contributed by atoms with Crippen LogP contribution in [-0.4, -0.2) is 24.9 Å². The van der Waals surface area contributed by atoms with E-state index in [0.29, 0.717) is 17.3 Å². The first kappa shape index (κ1) is 22.4. The fraction of sp³-hybridized carbons (Fsp3) is 0.375. The van der Waals surface area contributed by atoms with Gasteiger partial charge in [-0.1, -0.05) is 12.1 Å². The molecule has 0 spiro atoms. The maximum atomic E-state index is 12.8. The van der Waals surface area contributed by atoms with E-state index < -0.39 is 7.75 Å². The Balaban J connectivity index is 1.78. The molecule has 0 radical (unpaired) electrons. The van der Waals surface area contributed by atoms with Crippen molar-refractivity contribution in [3.63, 3.8) is 0 Å². The van der Waals surface area contributed by atoms with Crippen molar-refractivity contribution < 1.29 is 18.3 Å². The lowest BCUT2D eigenvalue weighted by atomic mass is 9.92. The van der Waals surface area contributed by atoms with Crippen LogP contribution in [0.15, 0.2) is 42.5 Å². The van der Waals surface area contributed by atoms with Crippen LogP contribution in [0.5, 0.6) is 5.75 Å². The summed E-state index contributed by atoms with van der Waals surface area (Å²) in [7, 11) is -1.77. The van der Waals surface area contributed by atoms with Gasteiger partial charge in [0.1, 0.15) is 11.8 Å². The number of anilines is 1. The minimum Gasteiger partial charge on any atom is -0.497 e. The standard InChI is InChI=1S/C24H28N3O4P/c1-4-30-32(28,31-5-2)26-18-11-9-17(10-12-18)24-22(16-25)21-14-13-20(29-3)15-23(21)27(24)19-7-6-8-19/h9-15,19H,4-8H2,1-3H3,(H,26,28). The van der Waals surface area contributed by atoms with E-state index in [2.05, 4.69) is 15.7 Å². The van der Waals surface area contributed by atoms with Crippen molar-refractivity contribution >= 4 is 24.3 Å². The maximum absolute atomic E-state index is 12.8. The van der Waals surface area contributed by atoms with Gasteiger partial charge in [0, 0.05) is 23.2 Å². The summed E-state index contributed by atoms with van der Waals surface area (Å²) in [4.78, 5) is 0. The normalized spacial score (nSPS) is 14.2. The number of nitrogens with one attached hydrogen (secondary N) is 1. The van der Waals surface area contributed by atoms with Gasteiger partial charge < -0.3 is 9.30 Å². The molecule has 168 valence electrons. The lowest BCUT2D eigenvalue weighted by Gasteiger charge is -2.30. The second-order valence-corrected chi connectivity index (χ2v) is 9.43. The number of methoxy groups -OCH3 is 1. The fourth-order valence-electron chi connectivity index (χ4n) is 4.14. The third-order valence-corrected chi connectivity index (χ3v) is 7.51. The van der Waals surface area contributed by atoms with Crippen molar-refractivity contribution in [3.8, 4) is 23.1 Å². The van der Waals surface area contributed by atoms with Crippen molar-refractivity contribution in [1.29, 1.82) is 5.26 Å². The third-order valence-electron chi connectivity index (χ3n) is 5.79. The quantitative estimate of drug-likeness (QED) is 0.372. The molecule has 0 amide bonds. The van der Waals surface area contributed by atoms with Crippen LogP contribution in [0.2, 0.25) is 0 Å². The van der Waals surface area contributed by atoms with Crippen LogP contribution in [0.4, 0.5) is 5.69 Å². The molecule has 0 atom stereocenters. The predicted molar refractivity (Wildman–Crippen MR) is 126 cm³/mol. The third kappa shape index (κ3) is 4.14. The Morgan fingerprint density at radius 3 is 2.34 bits per heavy atom. The second kappa shape index (κ2) is 9.38. The van der Waals surface area contributed by atoms with Crippen molar-refractivity contribution in [1.82, 2.24) is 4.57 Å². The number of hydrogen-bond donors (Lipinski definition) is 1. The number of fused-ring (bicyclic) bond motifs is 1. The first-order valence-electron chi connectivity index (χ1n) is 10.9. The van der Waals surface area contributed by atoms with Gasteiger partial charge in [0.05, 0.1) is 37.1 Å². The molecule has 4 rings (SSSR count). The van der Waals surface area contributed by atoms with Crippen LogP contribution < -0.4 is 9.82 Å². The zero-order valence-electron chi connectivity index (χ0n) is 18.6. The molecular weight excluding hydrogens is 425 g/mol. The van der Waals surface area contributed by atoms with Gasteiger partial charge >= 0.3 is 7.75 Å². The molecule has 1 N–H and O–H groups in total.